The van der Waals surface area contributed by atoms with Crippen molar-refractivity contribution in [2.45, 2.75) is 27.3 Å². The Labute approximate surface area is 150 Å². The van der Waals surface area contributed by atoms with E-state index in [2.05, 4.69) is 15.0 Å². The molecule has 26 heavy (non-hydrogen) atoms. The van der Waals surface area contributed by atoms with Gasteiger partial charge in [0, 0.05) is 6.54 Å². The molecule has 1 atom stereocenters. The van der Waals surface area contributed by atoms with Gasteiger partial charge in [-0.25, -0.2) is 15.0 Å². The molecule has 0 radical (unpaired) electrons. The van der Waals surface area contributed by atoms with Crippen LogP contribution in [0.15, 0.2) is 12.7 Å². The SMILES string of the molecule is CC(C)(C)C(=O)OCOP(=O)(O)COCCn1cnc2c(N)ncnc21. The molecule has 2 aromatic heterocycles. The van der Waals surface area contributed by atoms with Crippen molar-refractivity contribution in [3.05, 3.63) is 12.7 Å². The molecule has 0 aliphatic rings. The van der Waals surface area contributed by atoms with Crippen LogP contribution in [0.1, 0.15) is 20.8 Å². The van der Waals surface area contributed by atoms with Gasteiger partial charge in [0.05, 0.1) is 18.3 Å². The second kappa shape index (κ2) is 8.09. The number of hydrogen-bond donors (Lipinski definition) is 2. The Bertz CT molecular complexity index is 818. The van der Waals surface area contributed by atoms with Crippen LogP contribution in [0.3, 0.4) is 0 Å². The van der Waals surface area contributed by atoms with E-state index < -0.39 is 32.1 Å². The third-order valence-electron chi connectivity index (χ3n) is 3.22. The molecule has 0 saturated heterocycles. The first kappa shape index (κ1) is 20.2. The van der Waals surface area contributed by atoms with Crippen LogP contribution in [0.2, 0.25) is 0 Å². The Morgan fingerprint density at radius 1 is 1.35 bits per heavy atom. The molecule has 11 nitrogen and oxygen atoms in total. The lowest BCUT2D eigenvalue weighted by Crippen LogP contribution is -2.23. The van der Waals surface area contributed by atoms with Crippen LogP contribution in [-0.4, -0.2) is 50.1 Å². The molecule has 12 heteroatoms. The summed E-state index contributed by atoms with van der Waals surface area (Å²) in [6.07, 6.45) is 2.31. The summed E-state index contributed by atoms with van der Waals surface area (Å²) in [7, 11) is -4.03. The molecule has 144 valence electrons. The summed E-state index contributed by atoms with van der Waals surface area (Å²) in [5, 5.41) is 0. The fraction of sp³-hybridized carbons (Fsp3) is 0.571. The Kier molecular flexibility index (Phi) is 6.30. The van der Waals surface area contributed by atoms with Gasteiger partial charge in [-0.2, -0.15) is 0 Å². The van der Waals surface area contributed by atoms with E-state index >= 15 is 0 Å². The van der Waals surface area contributed by atoms with Gasteiger partial charge in [-0.15, -0.1) is 0 Å². The Balaban J connectivity index is 1.75. The van der Waals surface area contributed by atoms with E-state index in [0.717, 1.165) is 0 Å². The lowest BCUT2D eigenvalue weighted by atomic mass is 9.98. The second-order valence-electron chi connectivity index (χ2n) is 6.47. The summed E-state index contributed by atoms with van der Waals surface area (Å²) in [6.45, 7) is 4.83. The van der Waals surface area contributed by atoms with Gasteiger partial charge in [0.15, 0.2) is 11.5 Å². The zero-order valence-electron chi connectivity index (χ0n) is 14.8. The lowest BCUT2D eigenvalue weighted by molar-refractivity contribution is -0.160. The predicted molar refractivity (Wildman–Crippen MR) is 91.9 cm³/mol. The second-order valence-corrected chi connectivity index (χ2v) is 8.26. The summed E-state index contributed by atoms with van der Waals surface area (Å²) < 4.78 is 28.2. The van der Waals surface area contributed by atoms with E-state index in [-0.39, 0.29) is 12.4 Å². The molecule has 0 aliphatic heterocycles. The first-order valence-corrected chi connectivity index (χ1v) is 9.49. The molecule has 3 N–H and O–H groups in total. The average molecular weight is 387 g/mol. The number of nitrogen functional groups attached to an aromatic ring is 1. The zero-order chi connectivity index (χ0) is 19.4. The van der Waals surface area contributed by atoms with Crippen LogP contribution in [0.4, 0.5) is 5.82 Å². The molecule has 2 aromatic rings. The van der Waals surface area contributed by atoms with Crippen LogP contribution in [0, 0.1) is 5.41 Å². The summed E-state index contributed by atoms with van der Waals surface area (Å²) >= 11 is 0. The average Bonchev–Trinajstić information content (AvgIpc) is 2.95. The van der Waals surface area contributed by atoms with Crippen LogP contribution < -0.4 is 5.73 Å². The number of rotatable bonds is 8. The maximum absolute atomic E-state index is 11.8. The standard InChI is InChI=1S/C14H22N5O6P/c1-14(2,3)13(20)24-8-25-26(21,22)9-23-5-4-19-7-18-10-11(15)16-6-17-12(10)19/h6-7H,4-5,8-9H2,1-3H3,(H,21,22)(H2,15,16,17). The normalized spacial score (nSPS) is 14.3. The summed E-state index contributed by atoms with van der Waals surface area (Å²) in [5.74, 6) is -0.264. The first-order chi connectivity index (χ1) is 12.1. The lowest BCUT2D eigenvalue weighted by Gasteiger charge is -2.18. The van der Waals surface area contributed by atoms with E-state index in [9.17, 15) is 14.3 Å². The van der Waals surface area contributed by atoms with Crippen LogP contribution >= 0.6 is 7.60 Å². The first-order valence-electron chi connectivity index (χ1n) is 7.73. The number of aromatic nitrogens is 4. The van der Waals surface area contributed by atoms with Gasteiger partial charge in [0.1, 0.15) is 18.2 Å². The Hall–Kier alpha value is -2.07. The molecule has 0 aromatic carbocycles. The van der Waals surface area contributed by atoms with E-state index in [4.69, 9.17) is 19.7 Å². The van der Waals surface area contributed by atoms with Crippen molar-refractivity contribution in [3.8, 4) is 0 Å². The number of imidazole rings is 1. The van der Waals surface area contributed by atoms with E-state index in [1.807, 2.05) is 0 Å². The van der Waals surface area contributed by atoms with Crippen molar-refractivity contribution in [1.29, 1.82) is 0 Å². The van der Waals surface area contributed by atoms with Gasteiger partial charge < -0.3 is 24.7 Å². The number of anilines is 1. The summed E-state index contributed by atoms with van der Waals surface area (Å²) in [4.78, 5) is 33.2. The highest BCUT2D eigenvalue weighted by molar-refractivity contribution is 7.52. The third-order valence-corrected chi connectivity index (χ3v) is 4.24. The van der Waals surface area contributed by atoms with Crippen molar-refractivity contribution in [2.24, 2.45) is 5.41 Å². The minimum Gasteiger partial charge on any atom is -0.438 e. The van der Waals surface area contributed by atoms with Gasteiger partial charge in [-0.3, -0.25) is 13.9 Å². The maximum Gasteiger partial charge on any atom is 0.356 e. The molecule has 0 spiro atoms. The van der Waals surface area contributed by atoms with Crippen LogP contribution in [0.25, 0.3) is 11.2 Å². The Morgan fingerprint density at radius 2 is 2.08 bits per heavy atom. The summed E-state index contributed by atoms with van der Waals surface area (Å²) in [5.41, 5.74) is 5.99. The smallest absolute Gasteiger partial charge is 0.356 e. The zero-order valence-corrected chi connectivity index (χ0v) is 15.7. The number of nitrogens with two attached hydrogens (primary N) is 1. The molecule has 0 amide bonds. The number of ether oxygens (including phenoxy) is 2. The van der Waals surface area contributed by atoms with Gasteiger partial charge in [-0.05, 0) is 20.8 Å². The maximum atomic E-state index is 11.8. The van der Waals surface area contributed by atoms with Gasteiger partial charge in [-0.1, -0.05) is 0 Å². The highest BCUT2D eigenvalue weighted by Crippen LogP contribution is 2.41. The largest absolute Gasteiger partial charge is 0.438 e. The third kappa shape index (κ3) is 5.46. The minimum absolute atomic E-state index is 0.116. The van der Waals surface area contributed by atoms with E-state index in [0.29, 0.717) is 17.7 Å². The van der Waals surface area contributed by atoms with Gasteiger partial charge >= 0.3 is 13.6 Å². The molecular weight excluding hydrogens is 365 g/mol. The molecule has 0 aliphatic carbocycles. The molecule has 0 saturated carbocycles. The highest BCUT2D eigenvalue weighted by Gasteiger charge is 2.25. The number of esters is 1. The number of carbonyl (C=O) groups is 1. The fourth-order valence-electron chi connectivity index (χ4n) is 1.82. The van der Waals surface area contributed by atoms with E-state index in [1.54, 1.807) is 25.3 Å². The van der Waals surface area contributed by atoms with E-state index in [1.165, 1.54) is 12.7 Å². The molecule has 1 unspecified atom stereocenters. The Morgan fingerprint density at radius 3 is 2.77 bits per heavy atom. The highest BCUT2D eigenvalue weighted by atomic mass is 31.2. The topological polar surface area (TPSA) is 152 Å². The quantitative estimate of drug-likeness (QED) is 0.292. The van der Waals surface area contributed by atoms with Crippen molar-refractivity contribution >= 4 is 30.5 Å². The number of carbonyl (C=O) groups excluding carboxylic acids is 1. The van der Waals surface area contributed by atoms with Crippen LogP contribution in [0.5, 0.6) is 0 Å². The van der Waals surface area contributed by atoms with Gasteiger partial charge in [0.2, 0.25) is 6.79 Å². The van der Waals surface area contributed by atoms with Crippen molar-refractivity contribution in [3.63, 3.8) is 0 Å². The molecular formula is C14H22N5O6P. The monoisotopic (exact) mass is 387 g/mol. The fourth-order valence-corrected chi connectivity index (χ4v) is 2.47. The summed E-state index contributed by atoms with van der Waals surface area (Å²) in [6, 6.07) is 0. The minimum atomic E-state index is -4.03. The van der Waals surface area contributed by atoms with Crippen LogP contribution in [-0.2, 0) is 29.9 Å². The number of nitrogens with zero attached hydrogens (tertiary/aromatic N) is 4. The molecule has 2 rings (SSSR count). The number of fused-ring (bicyclic) bond motifs is 1. The number of hydrogen-bond acceptors (Lipinski definition) is 9. The molecule has 2 heterocycles. The van der Waals surface area contributed by atoms with Crippen molar-refractivity contribution in [2.75, 3.05) is 25.5 Å². The van der Waals surface area contributed by atoms with Crippen molar-refractivity contribution < 1.29 is 28.3 Å². The van der Waals surface area contributed by atoms with Crippen molar-refractivity contribution in [1.82, 2.24) is 19.5 Å². The molecule has 0 bridgehead atoms. The molecule has 0 fully saturated rings. The van der Waals surface area contributed by atoms with Gasteiger partial charge in [0.25, 0.3) is 0 Å². The predicted octanol–water partition coefficient (Wildman–Crippen LogP) is 1.13.